The van der Waals surface area contributed by atoms with Gasteiger partial charge in [-0.25, -0.2) is 0 Å². The number of carbonyl (C=O) groups excluding carboxylic acids is 2. The summed E-state index contributed by atoms with van der Waals surface area (Å²) in [6, 6.07) is 10.6. The molecule has 144 valence electrons. The van der Waals surface area contributed by atoms with Crippen LogP contribution in [-0.4, -0.2) is 48.8 Å². The SMILES string of the molecule is CCCC(=O)N1CC[C@@](Cc2ccc(-c3ccsc3)cc2)(C(=O)N(C)C)C1. The molecule has 4 nitrogen and oxygen atoms in total. The van der Waals surface area contributed by atoms with E-state index in [4.69, 9.17) is 0 Å². The minimum Gasteiger partial charge on any atom is -0.348 e. The molecule has 1 fully saturated rings. The van der Waals surface area contributed by atoms with Crippen LogP contribution >= 0.6 is 11.3 Å². The Hall–Kier alpha value is -2.14. The molecule has 2 heterocycles. The minimum absolute atomic E-state index is 0.121. The molecule has 0 unspecified atom stereocenters. The van der Waals surface area contributed by atoms with Crippen LogP contribution in [0.4, 0.5) is 0 Å². The normalized spacial score (nSPS) is 19.3. The molecular formula is C22H28N2O2S. The maximum Gasteiger partial charge on any atom is 0.230 e. The van der Waals surface area contributed by atoms with Crippen LogP contribution in [0.2, 0.25) is 0 Å². The van der Waals surface area contributed by atoms with Gasteiger partial charge in [-0.3, -0.25) is 9.59 Å². The zero-order valence-corrected chi connectivity index (χ0v) is 17.2. The van der Waals surface area contributed by atoms with Gasteiger partial charge >= 0.3 is 0 Å². The van der Waals surface area contributed by atoms with E-state index in [1.807, 2.05) is 11.8 Å². The monoisotopic (exact) mass is 384 g/mol. The Bertz CT molecular complexity index is 783. The van der Waals surface area contributed by atoms with Crippen LogP contribution in [0.1, 0.15) is 31.7 Å². The van der Waals surface area contributed by atoms with Crippen molar-refractivity contribution in [2.24, 2.45) is 5.41 Å². The molecule has 2 aromatic rings. The molecule has 0 saturated carbocycles. The average molecular weight is 385 g/mol. The van der Waals surface area contributed by atoms with Gasteiger partial charge in [-0.1, -0.05) is 31.2 Å². The number of rotatable bonds is 6. The summed E-state index contributed by atoms with van der Waals surface area (Å²) in [4.78, 5) is 29.0. The van der Waals surface area contributed by atoms with Crippen LogP contribution in [-0.2, 0) is 16.0 Å². The molecule has 0 N–H and O–H groups in total. The summed E-state index contributed by atoms with van der Waals surface area (Å²) in [5.74, 6) is 0.287. The third-order valence-corrected chi connectivity index (χ3v) is 6.06. The molecule has 0 aliphatic carbocycles. The Morgan fingerprint density at radius 2 is 1.89 bits per heavy atom. The highest BCUT2D eigenvalue weighted by Gasteiger charge is 2.46. The number of likely N-dealkylation sites (tertiary alicyclic amines) is 1. The van der Waals surface area contributed by atoms with Gasteiger partial charge in [0.25, 0.3) is 0 Å². The van der Waals surface area contributed by atoms with Crippen molar-refractivity contribution in [1.82, 2.24) is 9.80 Å². The van der Waals surface area contributed by atoms with Gasteiger partial charge in [0.1, 0.15) is 0 Å². The van der Waals surface area contributed by atoms with Gasteiger partial charge in [-0.05, 0) is 52.8 Å². The number of carbonyl (C=O) groups is 2. The number of hydrogen-bond acceptors (Lipinski definition) is 3. The lowest BCUT2D eigenvalue weighted by Gasteiger charge is -2.31. The average Bonchev–Trinajstić information content (AvgIpc) is 3.33. The Labute approximate surface area is 165 Å². The van der Waals surface area contributed by atoms with E-state index in [2.05, 4.69) is 41.1 Å². The molecule has 0 spiro atoms. The molecule has 1 aromatic heterocycles. The second kappa shape index (κ2) is 8.26. The van der Waals surface area contributed by atoms with Crippen LogP contribution in [0.5, 0.6) is 0 Å². The summed E-state index contributed by atoms with van der Waals surface area (Å²) in [7, 11) is 3.61. The molecular weight excluding hydrogens is 356 g/mol. The quantitative estimate of drug-likeness (QED) is 0.753. The third-order valence-electron chi connectivity index (χ3n) is 5.38. The Kier molecular flexibility index (Phi) is 6.00. The summed E-state index contributed by atoms with van der Waals surface area (Å²) in [5, 5.41) is 4.22. The maximum absolute atomic E-state index is 13.0. The number of amides is 2. The molecule has 3 rings (SSSR count). The summed E-state index contributed by atoms with van der Waals surface area (Å²) < 4.78 is 0. The highest BCUT2D eigenvalue weighted by atomic mass is 32.1. The van der Waals surface area contributed by atoms with Gasteiger partial charge in [0.05, 0.1) is 5.41 Å². The molecule has 5 heteroatoms. The lowest BCUT2D eigenvalue weighted by atomic mass is 9.79. The van der Waals surface area contributed by atoms with Gasteiger partial charge in [0.2, 0.25) is 11.8 Å². The lowest BCUT2D eigenvalue weighted by molar-refractivity contribution is -0.139. The number of benzene rings is 1. The second-order valence-corrected chi connectivity index (χ2v) is 8.46. The van der Waals surface area contributed by atoms with E-state index in [-0.39, 0.29) is 11.8 Å². The first-order valence-electron chi connectivity index (χ1n) is 9.56. The third kappa shape index (κ3) is 4.24. The van der Waals surface area contributed by atoms with Crippen molar-refractivity contribution in [2.75, 3.05) is 27.2 Å². The molecule has 2 amide bonds. The molecule has 27 heavy (non-hydrogen) atoms. The molecule has 0 bridgehead atoms. The van der Waals surface area contributed by atoms with Crippen molar-refractivity contribution < 1.29 is 9.59 Å². The minimum atomic E-state index is -0.517. The summed E-state index contributed by atoms with van der Waals surface area (Å²) in [6.45, 7) is 3.21. The highest BCUT2D eigenvalue weighted by Crippen LogP contribution is 2.37. The van der Waals surface area contributed by atoms with E-state index in [9.17, 15) is 9.59 Å². The van der Waals surface area contributed by atoms with Crippen molar-refractivity contribution >= 4 is 23.2 Å². The first-order valence-corrected chi connectivity index (χ1v) is 10.5. The van der Waals surface area contributed by atoms with E-state index in [0.29, 0.717) is 25.9 Å². The maximum atomic E-state index is 13.0. The Morgan fingerprint density at radius 1 is 1.15 bits per heavy atom. The zero-order chi connectivity index (χ0) is 19.4. The van der Waals surface area contributed by atoms with Gasteiger partial charge in [-0.2, -0.15) is 11.3 Å². The van der Waals surface area contributed by atoms with E-state index in [1.165, 1.54) is 11.1 Å². The first kappa shape index (κ1) is 19.6. The largest absolute Gasteiger partial charge is 0.348 e. The van der Waals surface area contributed by atoms with E-state index < -0.39 is 5.41 Å². The topological polar surface area (TPSA) is 40.6 Å². The van der Waals surface area contributed by atoms with Crippen LogP contribution < -0.4 is 0 Å². The van der Waals surface area contributed by atoms with Gasteiger partial charge in [-0.15, -0.1) is 0 Å². The smallest absolute Gasteiger partial charge is 0.230 e. The lowest BCUT2D eigenvalue weighted by Crippen LogP contribution is -2.44. The summed E-state index contributed by atoms with van der Waals surface area (Å²) >= 11 is 1.69. The van der Waals surface area contributed by atoms with Crippen LogP contribution in [0.3, 0.4) is 0 Å². The van der Waals surface area contributed by atoms with Gasteiger partial charge < -0.3 is 9.80 Å². The Morgan fingerprint density at radius 3 is 2.48 bits per heavy atom. The molecule has 1 aromatic carbocycles. The van der Waals surface area contributed by atoms with Crippen molar-refractivity contribution in [3.05, 3.63) is 46.7 Å². The number of nitrogens with zero attached hydrogens (tertiary/aromatic N) is 2. The second-order valence-electron chi connectivity index (χ2n) is 7.68. The predicted octanol–water partition coefficient (Wildman–Crippen LogP) is 4.06. The standard InChI is InChI=1S/C22H28N2O2S/c1-4-5-20(25)24-12-11-22(16-24,21(26)23(2)3)14-17-6-8-18(9-7-17)19-10-13-27-15-19/h6-10,13,15H,4-5,11-12,14,16H2,1-3H3/t22-/m0/s1. The van der Waals surface area contributed by atoms with E-state index >= 15 is 0 Å². The van der Waals surface area contributed by atoms with Crippen molar-refractivity contribution in [3.8, 4) is 11.1 Å². The Balaban J connectivity index is 1.80. The van der Waals surface area contributed by atoms with Crippen molar-refractivity contribution in [3.63, 3.8) is 0 Å². The first-order chi connectivity index (χ1) is 12.9. The summed E-state index contributed by atoms with van der Waals surface area (Å²) in [6.07, 6.45) is 2.80. The molecule has 0 radical (unpaired) electrons. The molecule has 1 saturated heterocycles. The number of hydrogen-bond donors (Lipinski definition) is 0. The van der Waals surface area contributed by atoms with E-state index in [1.54, 1.807) is 30.3 Å². The van der Waals surface area contributed by atoms with Crippen LogP contribution in [0.25, 0.3) is 11.1 Å². The van der Waals surface area contributed by atoms with Crippen molar-refractivity contribution in [2.45, 2.75) is 32.6 Å². The fourth-order valence-corrected chi connectivity index (χ4v) is 4.63. The van der Waals surface area contributed by atoms with Crippen molar-refractivity contribution in [1.29, 1.82) is 0 Å². The van der Waals surface area contributed by atoms with Crippen LogP contribution in [0.15, 0.2) is 41.1 Å². The van der Waals surface area contributed by atoms with Gasteiger partial charge in [0.15, 0.2) is 0 Å². The van der Waals surface area contributed by atoms with E-state index in [0.717, 1.165) is 18.4 Å². The highest BCUT2D eigenvalue weighted by molar-refractivity contribution is 7.08. The summed E-state index contributed by atoms with van der Waals surface area (Å²) in [5.41, 5.74) is 3.05. The molecule has 1 atom stereocenters. The fraction of sp³-hybridized carbons (Fsp3) is 0.455. The predicted molar refractivity (Wildman–Crippen MR) is 111 cm³/mol. The zero-order valence-electron chi connectivity index (χ0n) is 16.4. The number of thiophene rings is 1. The molecule has 1 aliphatic rings. The molecule has 1 aliphatic heterocycles. The van der Waals surface area contributed by atoms with Crippen LogP contribution in [0, 0.1) is 5.41 Å². The fourth-order valence-electron chi connectivity index (χ4n) is 3.96. The van der Waals surface area contributed by atoms with Gasteiger partial charge in [0, 0.05) is 33.6 Å².